The number of nitrogens with one attached hydrogen (secondary N) is 2. The van der Waals surface area contributed by atoms with Crippen molar-refractivity contribution in [2.75, 3.05) is 10.6 Å². The molecule has 0 saturated heterocycles. The van der Waals surface area contributed by atoms with Gasteiger partial charge in [-0.25, -0.2) is 18.4 Å². The molecule has 2 N–H and O–H groups in total. The fourth-order valence-corrected chi connectivity index (χ4v) is 4.54. The van der Waals surface area contributed by atoms with Crippen LogP contribution in [0.15, 0.2) is 63.8 Å². The lowest BCUT2D eigenvalue weighted by atomic mass is 9.88. The summed E-state index contributed by atoms with van der Waals surface area (Å²) >= 11 is 0. The van der Waals surface area contributed by atoms with Crippen LogP contribution in [0.2, 0.25) is 0 Å². The summed E-state index contributed by atoms with van der Waals surface area (Å²) in [6.07, 6.45) is 4.05. The number of carbonyl (C=O) groups excluding carboxylic acids is 1. The quantitative estimate of drug-likeness (QED) is 0.340. The van der Waals surface area contributed by atoms with Crippen molar-refractivity contribution in [3.63, 3.8) is 0 Å². The highest BCUT2D eigenvalue weighted by Crippen LogP contribution is 2.38. The number of benzene rings is 3. The Hall–Kier alpha value is -4.00. The van der Waals surface area contributed by atoms with E-state index >= 15 is 0 Å². The molecule has 34 heavy (non-hydrogen) atoms. The second kappa shape index (κ2) is 8.74. The van der Waals surface area contributed by atoms with E-state index in [1.54, 1.807) is 0 Å². The van der Waals surface area contributed by atoms with Gasteiger partial charge in [0.2, 0.25) is 0 Å². The molecular formula is C27H22F2N2O3. The molecule has 0 spiro atoms. The van der Waals surface area contributed by atoms with Gasteiger partial charge >= 0.3 is 11.7 Å². The third-order valence-electron chi connectivity index (χ3n) is 6.20. The summed E-state index contributed by atoms with van der Waals surface area (Å²) in [6.45, 7) is 1.92. The lowest BCUT2D eigenvalue weighted by molar-refractivity contribution is 0.262. The Morgan fingerprint density at radius 1 is 0.941 bits per heavy atom. The predicted octanol–water partition coefficient (Wildman–Crippen LogP) is 6.57. The molecule has 5 nitrogen and oxygen atoms in total. The van der Waals surface area contributed by atoms with E-state index in [1.165, 1.54) is 11.1 Å². The van der Waals surface area contributed by atoms with Gasteiger partial charge in [-0.05, 0) is 79.1 Å². The minimum absolute atomic E-state index is 0.0439. The molecule has 0 radical (unpaired) electrons. The third-order valence-corrected chi connectivity index (χ3v) is 6.20. The number of anilines is 2. The summed E-state index contributed by atoms with van der Waals surface area (Å²) < 4.78 is 32.9. The molecule has 172 valence electrons. The first-order valence-electron chi connectivity index (χ1n) is 11.1. The lowest BCUT2D eigenvalue weighted by Gasteiger charge is -2.19. The van der Waals surface area contributed by atoms with Crippen molar-refractivity contribution in [2.45, 2.75) is 32.6 Å². The van der Waals surface area contributed by atoms with Crippen molar-refractivity contribution in [1.82, 2.24) is 0 Å². The van der Waals surface area contributed by atoms with Crippen LogP contribution in [0.1, 0.15) is 29.5 Å². The monoisotopic (exact) mass is 460 g/mol. The number of urea groups is 1. The summed E-state index contributed by atoms with van der Waals surface area (Å²) in [7, 11) is 0. The highest BCUT2D eigenvalue weighted by atomic mass is 19.1. The van der Waals surface area contributed by atoms with E-state index in [4.69, 9.17) is 4.42 Å². The Morgan fingerprint density at radius 2 is 1.68 bits per heavy atom. The zero-order valence-corrected chi connectivity index (χ0v) is 18.5. The van der Waals surface area contributed by atoms with Crippen LogP contribution < -0.4 is 16.3 Å². The molecule has 4 aromatic rings. The smallest absolute Gasteiger partial charge is 0.360 e. The molecule has 0 bridgehead atoms. The van der Waals surface area contributed by atoms with Gasteiger partial charge in [0, 0.05) is 17.0 Å². The van der Waals surface area contributed by atoms with Gasteiger partial charge in [-0.1, -0.05) is 24.3 Å². The van der Waals surface area contributed by atoms with Crippen molar-refractivity contribution in [3.05, 3.63) is 93.3 Å². The minimum atomic E-state index is -0.925. The zero-order chi connectivity index (χ0) is 23.8. The van der Waals surface area contributed by atoms with Crippen LogP contribution in [-0.2, 0) is 12.8 Å². The number of fused-ring (bicyclic) bond motifs is 2. The van der Waals surface area contributed by atoms with Gasteiger partial charge in [0.15, 0.2) is 0 Å². The molecule has 5 rings (SSSR count). The molecule has 0 fully saturated rings. The number of halogens is 2. The highest BCUT2D eigenvalue weighted by Gasteiger charge is 2.22. The minimum Gasteiger partial charge on any atom is -0.421 e. The topological polar surface area (TPSA) is 71.3 Å². The van der Waals surface area contributed by atoms with E-state index in [1.807, 2.05) is 43.3 Å². The standard InChI is InChI=1S/C27H22F2N2O3/c1-15-6-2-5-9-19(15)24-20-12-16-7-3-4-8-17(16)13-23(20)34-26(32)25(24)31-27(33)30-22-11-10-18(28)14-21(22)29/h2,5-6,9-14H,3-4,7-8H2,1H3,(H2,30,31,33). The zero-order valence-electron chi connectivity index (χ0n) is 18.5. The normalized spacial score (nSPS) is 12.9. The Labute approximate surface area is 194 Å². The van der Waals surface area contributed by atoms with Crippen molar-refractivity contribution in [3.8, 4) is 11.1 Å². The highest BCUT2D eigenvalue weighted by molar-refractivity contribution is 6.07. The van der Waals surface area contributed by atoms with Crippen LogP contribution >= 0.6 is 0 Å². The molecule has 1 aliphatic rings. The number of rotatable bonds is 3. The molecule has 3 aromatic carbocycles. The van der Waals surface area contributed by atoms with Gasteiger partial charge < -0.3 is 15.1 Å². The average molecular weight is 460 g/mol. The molecule has 2 amide bonds. The van der Waals surface area contributed by atoms with E-state index < -0.39 is 23.3 Å². The number of carbonyl (C=O) groups is 1. The van der Waals surface area contributed by atoms with Gasteiger partial charge in [0.05, 0.1) is 5.69 Å². The largest absolute Gasteiger partial charge is 0.421 e. The lowest BCUT2D eigenvalue weighted by Crippen LogP contribution is -2.24. The Balaban J connectivity index is 1.65. The molecule has 7 heteroatoms. The summed E-state index contributed by atoms with van der Waals surface area (Å²) in [5.74, 6) is -1.68. The van der Waals surface area contributed by atoms with E-state index in [9.17, 15) is 18.4 Å². The van der Waals surface area contributed by atoms with Gasteiger partial charge in [-0.3, -0.25) is 0 Å². The first kappa shape index (κ1) is 21.8. The Bertz CT molecular complexity index is 1490. The third kappa shape index (κ3) is 4.05. The molecule has 1 aliphatic carbocycles. The van der Waals surface area contributed by atoms with Crippen molar-refractivity contribution >= 4 is 28.4 Å². The van der Waals surface area contributed by atoms with Crippen LogP contribution in [0, 0.1) is 18.6 Å². The second-order valence-electron chi connectivity index (χ2n) is 8.48. The number of hydrogen-bond acceptors (Lipinski definition) is 3. The first-order valence-corrected chi connectivity index (χ1v) is 11.1. The van der Waals surface area contributed by atoms with Crippen LogP contribution in [0.5, 0.6) is 0 Å². The summed E-state index contributed by atoms with van der Waals surface area (Å²) in [6, 6.07) is 13.5. The van der Waals surface area contributed by atoms with Gasteiger partial charge in [0.25, 0.3) is 0 Å². The fraction of sp³-hybridized carbons (Fsp3) is 0.185. The van der Waals surface area contributed by atoms with Crippen molar-refractivity contribution in [2.24, 2.45) is 0 Å². The van der Waals surface area contributed by atoms with Crippen molar-refractivity contribution < 1.29 is 18.0 Å². The SMILES string of the molecule is Cc1ccccc1-c1c(NC(=O)Nc2ccc(F)cc2F)c(=O)oc2cc3c(cc12)CCCC3. The maximum absolute atomic E-state index is 14.0. The van der Waals surface area contributed by atoms with E-state index in [0.717, 1.165) is 54.3 Å². The fourth-order valence-electron chi connectivity index (χ4n) is 4.54. The average Bonchev–Trinajstić information content (AvgIpc) is 2.81. The molecule has 0 aliphatic heterocycles. The van der Waals surface area contributed by atoms with Crippen LogP contribution in [0.4, 0.5) is 25.0 Å². The first-order chi connectivity index (χ1) is 16.4. The Morgan fingerprint density at radius 3 is 2.41 bits per heavy atom. The van der Waals surface area contributed by atoms with Crippen LogP contribution in [-0.4, -0.2) is 6.03 Å². The maximum atomic E-state index is 14.0. The van der Waals surface area contributed by atoms with Crippen LogP contribution in [0.3, 0.4) is 0 Å². The molecule has 0 atom stereocenters. The number of aryl methyl sites for hydroxylation is 3. The number of hydrogen-bond donors (Lipinski definition) is 2. The van der Waals surface area contributed by atoms with Crippen molar-refractivity contribution in [1.29, 1.82) is 0 Å². The molecule has 1 heterocycles. The molecular weight excluding hydrogens is 438 g/mol. The van der Waals surface area contributed by atoms with Crippen LogP contribution in [0.25, 0.3) is 22.1 Å². The summed E-state index contributed by atoms with van der Waals surface area (Å²) in [5.41, 5.74) is 4.10. The van der Waals surface area contributed by atoms with Gasteiger partial charge in [-0.2, -0.15) is 0 Å². The molecule has 0 unspecified atom stereocenters. The van der Waals surface area contributed by atoms with E-state index in [-0.39, 0.29) is 11.4 Å². The number of amides is 2. The molecule has 1 aromatic heterocycles. The maximum Gasteiger partial charge on any atom is 0.360 e. The summed E-state index contributed by atoms with van der Waals surface area (Å²) in [4.78, 5) is 25.8. The van der Waals surface area contributed by atoms with Gasteiger partial charge in [-0.15, -0.1) is 0 Å². The van der Waals surface area contributed by atoms with E-state index in [0.29, 0.717) is 17.2 Å². The Kier molecular flexibility index (Phi) is 5.61. The van der Waals surface area contributed by atoms with Gasteiger partial charge in [0.1, 0.15) is 22.9 Å². The molecule has 0 saturated carbocycles. The second-order valence-corrected chi connectivity index (χ2v) is 8.48. The summed E-state index contributed by atoms with van der Waals surface area (Å²) in [5, 5.41) is 5.60. The predicted molar refractivity (Wildman–Crippen MR) is 128 cm³/mol. The van der Waals surface area contributed by atoms with E-state index in [2.05, 4.69) is 10.6 Å².